The number of alkyl carbamates (subject to hydrolysis) is 1. The number of thiophene rings is 2. The summed E-state index contributed by atoms with van der Waals surface area (Å²) in [6.07, 6.45) is -0.404. The van der Waals surface area contributed by atoms with E-state index in [4.69, 9.17) is 9.84 Å². The molecule has 0 atom stereocenters. The summed E-state index contributed by atoms with van der Waals surface area (Å²) in [6.45, 7) is 0.672. The minimum atomic E-state index is -0.831. The van der Waals surface area contributed by atoms with Gasteiger partial charge in [-0.1, -0.05) is 48.5 Å². The summed E-state index contributed by atoms with van der Waals surface area (Å²) >= 11 is 3.06. The smallest absolute Gasteiger partial charge is 0.407 e. The molecule has 2 aromatic heterocycles. The number of rotatable bonds is 7. The average molecular weight is 476 g/mol. The van der Waals surface area contributed by atoms with Gasteiger partial charge in [0.05, 0.1) is 13.0 Å². The number of carbonyl (C=O) groups is 2. The fourth-order valence-electron chi connectivity index (χ4n) is 4.17. The lowest BCUT2D eigenvalue weighted by molar-refractivity contribution is -0.136. The van der Waals surface area contributed by atoms with Gasteiger partial charge in [0.15, 0.2) is 0 Å². The second kappa shape index (κ2) is 9.21. The quantitative estimate of drug-likeness (QED) is 0.337. The number of hydrogen-bond donors (Lipinski definition) is 2. The van der Waals surface area contributed by atoms with Crippen LogP contribution in [0.1, 0.15) is 26.8 Å². The first kappa shape index (κ1) is 21.4. The molecule has 0 spiro atoms. The van der Waals surface area contributed by atoms with E-state index in [1.54, 1.807) is 11.3 Å². The molecule has 5 rings (SSSR count). The number of carbonyl (C=O) groups excluding carboxylic acids is 1. The largest absolute Gasteiger partial charge is 0.481 e. The molecule has 0 radical (unpaired) electrons. The van der Waals surface area contributed by atoms with Crippen LogP contribution in [0, 0.1) is 0 Å². The third-order valence-corrected chi connectivity index (χ3v) is 8.01. The number of carboxylic acids is 1. The Kier molecular flexibility index (Phi) is 5.98. The lowest BCUT2D eigenvalue weighted by Gasteiger charge is -2.14. The van der Waals surface area contributed by atoms with Gasteiger partial charge in [0.2, 0.25) is 0 Å². The highest BCUT2D eigenvalue weighted by molar-refractivity contribution is 7.22. The van der Waals surface area contributed by atoms with Crippen LogP contribution in [-0.4, -0.2) is 23.8 Å². The van der Waals surface area contributed by atoms with Gasteiger partial charge < -0.3 is 15.2 Å². The van der Waals surface area contributed by atoms with Crippen molar-refractivity contribution >= 4 is 34.7 Å². The standard InChI is InChI=1S/C26H21NO4S2/c28-25(29)13-16-9-11-23(32-16)24-12-10-17(33-24)14-27-26(30)31-15-22-20-7-3-1-5-18(20)19-6-2-4-8-21(19)22/h1-12,22H,13-15H2,(H,27,30)(H,28,29). The molecule has 1 aliphatic rings. The Morgan fingerprint density at radius 3 is 2.03 bits per heavy atom. The van der Waals surface area contributed by atoms with Crippen LogP contribution in [0.4, 0.5) is 4.79 Å². The second-order valence-electron chi connectivity index (χ2n) is 7.78. The molecule has 4 aromatic rings. The Morgan fingerprint density at radius 2 is 1.39 bits per heavy atom. The summed E-state index contributed by atoms with van der Waals surface area (Å²) in [7, 11) is 0. The molecule has 166 valence electrons. The maximum Gasteiger partial charge on any atom is 0.407 e. The highest BCUT2D eigenvalue weighted by Crippen LogP contribution is 2.44. The Morgan fingerprint density at radius 1 is 0.818 bits per heavy atom. The van der Waals surface area contributed by atoms with Crippen molar-refractivity contribution in [2.24, 2.45) is 0 Å². The van der Waals surface area contributed by atoms with E-state index in [1.165, 1.54) is 33.6 Å². The zero-order valence-electron chi connectivity index (χ0n) is 17.6. The molecule has 1 aliphatic carbocycles. The summed E-state index contributed by atoms with van der Waals surface area (Å²) in [5, 5.41) is 11.8. The molecule has 0 aliphatic heterocycles. The number of ether oxygens (including phenoxy) is 1. The predicted octanol–water partition coefficient (Wildman–Crippen LogP) is 6.14. The van der Waals surface area contributed by atoms with Crippen LogP contribution in [0.3, 0.4) is 0 Å². The van der Waals surface area contributed by atoms with Gasteiger partial charge in [0.1, 0.15) is 6.61 Å². The first-order valence-electron chi connectivity index (χ1n) is 10.6. The minimum absolute atomic E-state index is 0.0340. The first-order valence-corrected chi connectivity index (χ1v) is 12.2. The molecule has 0 bridgehead atoms. The van der Waals surface area contributed by atoms with Gasteiger partial charge >= 0.3 is 12.1 Å². The van der Waals surface area contributed by atoms with Gasteiger partial charge in [-0.05, 0) is 46.5 Å². The molecule has 7 heteroatoms. The number of fused-ring (bicyclic) bond motifs is 3. The number of aliphatic carboxylic acids is 1. The molecular weight excluding hydrogens is 454 g/mol. The maximum atomic E-state index is 12.4. The number of hydrogen-bond acceptors (Lipinski definition) is 5. The van der Waals surface area contributed by atoms with Gasteiger partial charge in [0.25, 0.3) is 0 Å². The Hall–Kier alpha value is -3.42. The molecule has 2 N–H and O–H groups in total. The molecule has 33 heavy (non-hydrogen) atoms. The van der Waals surface area contributed by atoms with Crippen LogP contribution in [-0.2, 0) is 22.5 Å². The zero-order chi connectivity index (χ0) is 22.8. The number of amides is 1. The van der Waals surface area contributed by atoms with Crippen molar-refractivity contribution in [3.8, 4) is 20.9 Å². The normalized spacial score (nSPS) is 12.2. The Labute approximate surface area is 199 Å². The van der Waals surface area contributed by atoms with E-state index in [2.05, 4.69) is 29.6 Å². The van der Waals surface area contributed by atoms with Crippen molar-refractivity contribution in [1.82, 2.24) is 5.32 Å². The van der Waals surface area contributed by atoms with Crippen molar-refractivity contribution in [3.63, 3.8) is 0 Å². The predicted molar refractivity (Wildman–Crippen MR) is 131 cm³/mol. The molecule has 0 saturated heterocycles. The highest BCUT2D eigenvalue weighted by Gasteiger charge is 2.28. The van der Waals surface area contributed by atoms with E-state index < -0.39 is 12.1 Å². The summed E-state index contributed by atoms with van der Waals surface area (Å²) in [6, 6.07) is 24.3. The van der Waals surface area contributed by atoms with Gasteiger partial charge in [-0.25, -0.2) is 4.79 Å². The Balaban J connectivity index is 1.18. The van der Waals surface area contributed by atoms with Crippen LogP contribution >= 0.6 is 22.7 Å². The topological polar surface area (TPSA) is 75.6 Å². The van der Waals surface area contributed by atoms with Crippen LogP contribution in [0.5, 0.6) is 0 Å². The van der Waals surface area contributed by atoms with Gasteiger partial charge in [-0.15, -0.1) is 22.7 Å². The molecule has 2 heterocycles. The van der Waals surface area contributed by atoms with Crippen LogP contribution in [0.25, 0.3) is 20.9 Å². The SMILES string of the molecule is O=C(O)Cc1ccc(-c2ccc(CNC(=O)OCC3c4ccccc4-c4ccccc43)s2)s1. The van der Waals surface area contributed by atoms with Crippen molar-refractivity contribution in [2.45, 2.75) is 18.9 Å². The van der Waals surface area contributed by atoms with E-state index in [9.17, 15) is 9.59 Å². The second-order valence-corrected chi connectivity index (χ2v) is 10.1. The van der Waals surface area contributed by atoms with Gasteiger partial charge in [-0.2, -0.15) is 0 Å². The lowest BCUT2D eigenvalue weighted by atomic mass is 9.98. The molecule has 5 nitrogen and oxygen atoms in total. The number of nitrogens with one attached hydrogen (secondary N) is 1. The van der Waals surface area contributed by atoms with E-state index >= 15 is 0 Å². The molecular formula is C26H21NO4S2. The minimum Gasteiger partial charge on any atom is -0.481 e. The lowest BCUT2D eigenvalue weighted by Crippen LogP contribution is -2.25. The van der Waals surface area contributed by atoms with Crippen LogP contribution < -0.4 is 5.32 Å². The van der Waals surface area contributed by atoms with Crippen molar-refractivity contribution in [1.29, 1.82) is 0 Å². The molecule has 0 fully saturated rings. The zero-order valence-corrected chi connectivity index (χ0v) is 19.2. The number of carboxylic acid groups (broad SMARTS) is 1. The summed E-state index contributed by atoms with van der Waals surface area (Å²) in [4.78, 5) is 27.2. The average Bonchev–Trinajstić information content (AvgIpc) is 3.54. The van der Waals surface area contributed by atoms with E-state index in [0.717, 1.165) is 19.5 Å². The molecule has 1 amide bonds. The van der Waals surface area contributed by atoms with E-state index in [-0.39, 0.29) is 18.9 Å². The molecule has 0 saturated carbocycles. The van der Waals surface area contributed by atoms with Gasteiger partial charge in [0, 0.05) is 25.4 Å². The van der Waals surface area contributed by atoms with Gasteiger partial charge in [-0.3, -0.25) is 4.79 Å². The maximum absolute atomic E-state index is 12.4. The van der Waals surface area contributed by atoms with Crippen molar-refractivity contribution < 1.29 is 19.4 Å². The molecule has 2 aromatic carbocycles. The third kappa shape index (κ3) is 4.55. The van der Waals surface area contributed by atoms with Crippen molar-refractivity contribution in [3.05, 3.63) is 93.7 Å². The Bertz CT molecular complexity index is 1280. The fraction of sp³-hybridized carbons (Fsp3) is 0.154. The molecule has 0 unspecified atom stereocenters. The van der Waals surface area contributed by atoms with Crippen LogP contribution in [0.15, 0.2) is 72.8 Å². The van der Waals surface area contributed by atoms with E-state index in [1.807, 2.05) is 48.5 Å². The summed E-state index contributed by atoms with van der Waals surface area (Å²) in [5.74, 6) is -0.794. The fourth-order valence-corrected chi connectivity index (χ4v) is 6.20. The summed E-state index contributed by atoms with van der Waals surface area (Å²) < 4.78 is 5.59. The van der Waals surface area contributed by atoms with Crippen LogP contribution in [0.2, 0.25) is 0 Å². The first-order chi connectivity index (χ1) is 16.1. The van der Waals surface area contributed by atoms with Crippen molar-refractivity contribution in [2.75, 3.05) is 6.61 Å². The monoisotopic (exact) mass is 475 g/mol. The van der Waals surface area contributed by atoms with E-state index in [0.29, 0.717) is 6.54 Å². The summed E-state index contributed by atoms with van der Waals surface area (Å²) in [5.41, 5.74) is 4.78. The number of benzene rings is 2. The third-order valence-electron chi connectivity index (χ3n) is 5.64. The highest BCUT2D eigenvalue weighted by atomic mass is 32.1.